The first-order valence-corrected chi connectivity index (χ1v) is 4.51. The third-order valence-corrected chi connectivity index (χ3v) is 1.91. The molecule has 0 aromatic heterocycles. The molecule has 1 aromatic rings. The van der Waals surface area contributed by atoms with E-state index >= 15 is 0 Å². The normalized spacial score (nSPS) is 9.62. The molecule has 0 radical (unpaired) electrons. The van der Waals surface area contributed by atoms with E-state index in [1.165, 1.54) is 0 Å². The van der Waals surface area contributed by atoms with Crippen LogP contribution in [0.1, 0.15) is 6.42 Å². The number of halogens is 1. The average molecular weight is 197 g/mol. The fourth-order valence-electron chi connectivity index (χ4n) is 1.00. The summed E-state index contributed by atoms with van der Waals surface area (Å²) in [5.41, 5.74) is 7.33. The van der Waals surface area contributed by atoms with Crippen LogP contribution in [0.2, 0.25) is 5.02 Å². The number of hydrogen-bond donors (Lipinski definition) is 2. The fraction of sp³-hybridized carbons (Fsp3) is 0.200. The molecule has 3 heteroatoms. The molecule has 0 fully saturated rings. The molecule has 0 amide bonds. The zero-order valence-electron chi connectivity index (χ0n) is 7.39. The van der Waals surface area contributed by atoms with Crippen LogP contribution in [0.5, 0.6) is 0 Å². The van der Waals surface area contributed by atoms with Crippen LogP contribution in [0.15, 0.2) is 30.9 Å². The maximum Gasteiger partial charge on any atom is 0.0575 e. The summed E-state index contributed by atoms with van der Waals surface area (Å²) in [5, 5.41) is 3.85. The molecule has 0 spiro atoms. The predicted molar refractivity (Wildman–Crippen MR) is 59.2 cm³/mol. The van der Waals surface area contributed by atoms with Crippen molar-refractivity contribution in [3.8, 4) is 0 Å². The first-order valence-electron chi connectivity index (χ1n) is 4.14. The first kappa shape index (κ1) is 9.93. The number of benzene rings is 1. The molecule has 0 heterocycles. The molecule has 0 aliphatic rings. The molecule has 0 bridgehead atoms. The van der Waals surface area contributed by atoms with Gasteiger partial charge < -0.3 is 11.1 Å². The zero-order valence-corrected chi connectivity index (χ0v) is 8.14. The van der Waals surface area contributed by atoms with E-state index in [1.807, 2.05) is 18.2 Å². The van der Waals surface area contributed by atoms with Gasteiger partial charge in [-0.3, -0.25) is 0 Å². The van der Waals surface area contributed by atoms with Crippen molar-refractivity contribution in [2.24, 2.45) is 0 Å². The summed E-state index contributed by atoms with van der Waals surface area (Å²) >= 11 is 5.75. The van der Waals surface area contributed by atoms with Crippen LogP contribution >= 0.6 is 11.6 Å². The number of nitrogen functional groups attached to an aromatic ring is 1. The quantitative estimate of drug-likeness (QED) is 0.442. The topological polar surface area (TPSA) is 38.0 Å². The minimum absolute atomic E-state index is 0.659. The molecular weight excluding hydrogens is 184 g/mol. The van der Waals surface area contributed by atoms with Gasteiger partial charge in [0.25, 0.3) is 0 Å². The van der Waals surface area contributed by atoms with E-state index in [0.29, 0.717) is 10.7 Å². The highest BCUT2D eigenvalue weighted by molar-refractivity contribution is 6.31. The Labute approximate surface area is 83.4 Å². The Morgan fingerprint density at radius 3 is 2.92 bits per heavy atom. The second-order valence-electron chi connectivity index (χ2n) is 2.74. The van der Waals surface area contributed by atoms with Crippen LogP contribution < -0.4 is 11.1 Å². The molecule has 3 N–H and O–H groups in total. The summed E-state index contributed by atoms with van der Waals surface area (Å²) in [6, 6.07) is 5.42. The summed E-state index contributed by atoms with van der Waals surface area (Å²) in [6.45, 7) is 4.48. The van der Waals surface area contributed by atoms with E-state index < -0.39 is 0 Å². The lowest BCUT2D eigenvalue weighted by Gasteiger charge is -2.07. The molecule has 2 nitrogen and oxygen atoms in total. The third-order valence-electron chi connectivity index (χ3n) is 1.68. The second kappa shape index (κ2) is 4.77. The molecule has 0 aliphatic carbocycles. The molecule has 0 unspecified atom stereocenters. The lowest BCUT2D eigenvalue weighted by Crippen LogP contribution is -2.02. The van der Waals surface area contributed by atoms with Crippen molar-refractivity contribution in [3.05, 3.63) is 35.9 Å². The van der Waals surface area contributed by atoms with Crippen LogP contribution in [-0.4, -0.2) is 6.54 Å². The van der Waals surface area contributed by atoms with E-state index in [-0.39, 0.29) is 0 Å². The van der Waals surface area contributed by atoms with Gasteiger partial charge in [0.1, 0.15) is 0 Å². The Morgan fingerprint density at radius 2 is 2.31 bits per heavy atom. The number of anilines is 2. The molecule has 1 aromatic carbocycles. The van der Waals surface area contributed by atoms with Crippen molar-refractivity contribution >= 4 is 23.0 Å². The Morgan fingerprint density at radius 1 is 1.54 bits per heavy atom. The number of rotatable bonds is 4. The van der Waals surface area contributed by atoms with Crippen molar-refractivity contribution in [2.45, 2.75) is 6.42 Å². The highest BCUT2D eigenvalue weighted by Crippen LogP contribution is 2.22. The molecule has 70 valence electrons. The maximum atomic E-state index is 5.75. The van der Waals surface area contributed by atoms with E-state index in [1.54, 1.807) is 6.07 Å². The van der Waals surface area contributed by atoms with Crippen molar-refractivity contribution in [3.63, 3.8) is 0 Å². The molecule has 0 saturated carbocycles. The van der Waals surface area contributed by atoms with E-state index in [9.17, 15) is 0 Å². The van der Waals surface area contributed by atoms with Gasteiger partial charge in [0.15, 0.2) is 0 Å². The van der Waals surface area contributed by atoms with Crippen LogP contribution in [-0.2, 0) is 0 Å². The Balaban J connectivity index is 2.61. The van der Waals surface area contributed by atoms with Crippen LogP contribution in [0.25, 0.3) is 0 Å². The minimum Gasteiger partial charge on any atom is -0.397 e. The first-order chi connectivity index (χ1) is 6.24. The Kier molecular flexibility index (Phi) is 3.65. The van der Waals surface area contributed by atoms with Gasteiger partial charge in [-0.05, 0) is 24.6 Å². The van der Waals surface area contributed by atoms with E-state index in [4.69, 9.17) is 17.3 Å². The number of hydrogen-bond acceptors (Lipinski definition) is 2. The van der Waals surface area contributed by atoms with Gasteiger partial charge in [0.05, 0.1) is 11.4 Å². The minimum atomic E-state index is 0.659. The third kappa shape index (κ3) is 2.99. The fourth-order valence-corrected chi connectivity index (χ4v) is 1.18. The van der Waals surface area contributed by atoms with Crippen LogP contribution in [0.4, 0.5) is 11.4 Å². The van der Waals surface area contributed by atoms with Crippen molar-refractivity contribution in [2.75, 3.05) is 17.6 Å². The lowest BCUT2D eigenvalue weighted by molar-refractivity contribution is 1.07. The van der Waals surface area contributed by atoms with Crippen molar-refractivity contribution in [1.82, 2.24) is 0 Å². The lowest BCUT2D eigenvalue weighted by atomic mass is 10.2. The molecular formula is C10H13ClN2. The Hall–Kier alpha value is -1.15. The zero-order chi connectivity index (χ0) is 9.68. The van der Waals surface area contributed by atoms with Gasteiger partial charge in [-0.2, -0.15) is 0 Å². The standard InChI is InChI=1S/C10H13ClN2/c1-2-3-6-13-10-5-4-8(11)7-9(10)12/h2,4-5,7,13H,1,3,6,12H2. The van der Waals surface area contributed by atoms with Crippen LogP contribution in [0.3, 0.4) is 0 Å². The maximum absolute atomic E-state index is 5.75. The average Bonchev–Trinajstić information content (AvgIpc) is 2.09. The molecule has 0 saturated heterocycles. The summed E-state index contributed by atoms with van der Waals surface area (Å²) in [5.74, 6) is 0. The summed E-state index contributed by atoms with van der Waals surface area (Å²) < 4.78 is 0. The summed E-state index contributed by atoms with van der Waals surface area (Å²) in [6.07, 6.45) is 2.78. The van der Waals surface area contributed by atoms with E-state index in [0.717, 1.165) is 18.7 Å². The highest BCUT2D eigenvalue weighted by Gasteiger charge is 1.97. The van der Waals surface area contributed by atoms with E-state index in [2.05, 4.69) is 11.9 Å². The predicted octanol–water partition coefficient (Wildman–Crippen LogP) is 2.91. The molecule has 0 aliphatic heterocycles. The second-order valence-corrected chi connectivity index (χ2v) is 3.17. The van der Waals surface area contributed by atoms with Crippen molar-refractivity contribution in [1.29, 1.82) is 0 Å². The van der Waals surface area contributed by atoms with Gasteiger partial charge in [-0.15, -0.1) is 6.58 Å². The van der Waals surface area contributed by atoms with Crippen LogP contribution in [0, 0.1) is 0 Å². The van der Waals surface area contributed by atoms with Gasteiger partial charge in [0.2, 0.25) is 0 Å². The Bertz CT molecular complexity index is 297. The van der Waals surface area contributed by atoms with Gasteiger partial charge in [0, 0.05) is 11.6 Å². The van der Waals surface area contributed by atoms with Gasteiger partial charge >= 0.3 is 0 Å². The summed E-state index contributed by atoms with van der Waals surface area (Å²) in [4.78, 5) is 0. The number of nitrogens with one attached hydrogen (secondary N) is 1. The highest BCUT2D eigenvalue weighted by atomic mass is 35.5. The van der Waals surface area contributed by atoms with Gasteiger partial charge in [-0.25, -0.2) is 0 Å². The molecule has 13 heavy (non-hydrogen) atoms. The van der Waals surface area contributed by atoms with Gasteiger partial charge in [-0.1, -0.05) is 17.7 Å². The smallest absolute Gasteiger partial charge is 0.0575 e. The SMILES string of the molecule is C=CCCNc1ccc(Cl)cc1N. The largest absolute Gasteiger partial charge is 0.397 e. The summed E-state index contributed by atoms with van der Waals surface area (Å²) in [7, 11) is 0. The molecule has 1 rings (SSSR count). The van der Waals surface area contributed by atoms with Crippen molar-refractivity contribution < 1.29 is 0 Å². The molecule has 0 atom stereocenters. The number of nitrogens with two attached hydrogens (primary N) is 1. The monoisotopic (exact) mass is 196 g/mol.